The van der Waals surface area contributed by atoms with E-state index in [9.17, 15) is 0 Å². The predicted octanol–water partition coefficient (Wildman–Crippen LogP) is 1.91. The minimum absolute atomic E-state index is 0.680. The second-order valence-electron chi connectivity index (χ2n) is 2.61. The van der Waals surface area contributed by atoms with Gasteiger partial charge in [-0.2, -0.15) is 0 Å². The molecule has 0 aliphatic rings. The van der Waals surface area contributed by atoms with Crippen molar-refractivity contribution in [2.75, 3.05) is 0 Å². The lowest BCUT2D eigenvalue weighted by atomic mass is 10.3. The van der Waals surface area contributed by atoms with Crippen LogP contribution in [0.1, 0.15) is 11.5 Å². The molecule has 12 heavy (non-hydrogen) atoms. The van der Waals surface area contributed by atoms with Crippen molar-refractivity contribution in [3.05, 3.63) is 30.4 Å². The summed E-state index contributed by atoms with van der Waals surface area (Å²) in [5.74, 6) is 0.680. The summed E-state index contributed by atoms with van der Waals surface area (Å²) in [6, 6.07) is 1.93. The van der Waals surface area contributed by atoms with Gasteiger partial charge in [0.25, 0.3) is 0 Å². The van der Waals surface area contributed by atoms with Crippen LogP contribution in [0, 0.1) is 6.92 Å². The van der Waals surface area contributed by atoms with Gasteiger partial charge in [-0.15, -0.1) is 0 Å². The molecule has 2 rings (SSSR count). The molecular formula is C9H9N3. The van der Waals surface area contributed by atoms with Crippen LogP contribution in [-0.4, -0.2) is 15.0 Å². The topological polar surface area (TPSA) is 41.6 Å². The molecule has 0 aromatic carbocycles. The molecule has 0 fully saturated rings. The van der Waals surface area contributed by atoms with Gasteiger partial charge in [-0.3, -0.25) is 0 Å². The molecule has 3 heteroatoms. The van der Waals surface area contributed by atoms with E-state index in [2.05, 4.69) is 21.5 Å². The quantitative estimate of drug-likeness (QED) is 0.690. The molecule has 0 bridgehead atoms. The molecule has 0 amide bonds. The summed E-state index contributed by atoms with van der Waals surface area (Å²) in [6.07, 6.45) is 3.51. The Kier molecular flexibility index (Phi) is 1.43. The Morgan fingerprint density at radius 2 is 2.33 bits per heavy atom. The fraction of sp³-hybridized carbons (Fsp3) is 0.111. The highest BCUT2D eigenvalue weighted by molar-refractivity contribution is 5.77. The Morgan fingerprint density at radius 1 is 1.50 bits per heavy atom. The van der Waals surface area contributed by atoms with Gasteiger partial charge in [0.1, 0.15) is 0 Å². The van der Waals surface area contributed by atoms with Gasteiger partial charge in [0.05, 0.1) is 16.7 Å². The van der Waals surface area contributed by atoms with Crippen LogP contribution in [0.3, 0.4) is 0 Å². The van der Waals surface area contributed by atoms with Gasteiger partial charge in [-0.1, -0.05) is 6.58 Å². The average Bonchev–Trinajstić information content (AvgIpc) is 2.52. The number of hydrogen-bond donors (Lipinski definition) is 1. The van der Waals surface area contributed by atoms with Crippen molar-refractivity contribution in [3.63, 3.8) is 0 Å². The van der Waals surface area contributed by atoms with Gasteiger partial charge in [0, 0.05) is 6.20 Å². The maximum absolute atomic E-state index is 4.25. The van der Waals surface area contributed by atoms with Crippen molar-refractivity contribution >= 4 is 17.1 Å². The molecular weight excluding hydrogens is 150 g/mol. The molecule has 0 saturated heterocycles. The van der Waals surface area contributed by atoms with Crippen LogP contribution in [0.15, 0.2) is 18.8 Å². The van der Waals surface area contributed by atoms with Crippen LogP contribution in [0.5, 0.6) is 0 Å². The van der Waals surface area contributed by atoms with E-state index in [0.29, 0.717) is 5.82 Å². The lowest BCUT2D eigenvalue weighted by Crippen LogP contribution is -1.91. The van der Waals surface area contributed by atoms with Crippen molar-refractivity contribution in [3.8, 4) is 0 Å². The fourth-order valence-corrected chi connectivity index (χ4v) is 1.21. The zero-order valence-electron chi connectivity index (χ0n) is 6.83. The SMILES string of the molecule is C=Cc1nc(C)c2[nH]ccc2n1. The van der Waals surface area contributed by atoms with Crippen molar-refractivity contribution in [1.29, 1.82) is 0 Å². The number of nitrogens with zero attached hydrogens (tertiary/aromatic N) is 2. The molecule has 2 aromatic rings. The third-order valence-electron chi connectivity index (χ3n) is 1.79. The third-order valence-corrected chi connectivity index (χ3v) is 1.79. The number of H-pyrrole nitrogens is 1. The van der Waals surface area contributed by atoms with Crippen molar-refractivity contribution < 1.29 is 0 Å². The minimum Gasteiger partial charge on any atom is -0.358 e. The van der Waals surface area contributed by atoms with Crippen molar-refractivity contribution in [1.82, 2.24) is 15.0 Å². The highest BCUT2D eigenvalue weighted by atomic mass is 14.9. The van der Waals surface area contributed by atoms with Crippen LogP contribution in [0.2, 0.25) is 0 Å². The summed E-state index contributed by atoms with van der Waals surface area (Å²) in [7, 11) is 0. The molecule has 0 spiro atoms. The van der Waals surface area contributed by atoms with Crippen LogP contribution in [0.4, 0.5) is 0 Å². The van der Waals surface area contributed by atoms with Crippen molar-refractivity contribution in [2.24, 2.45) is 0 Å². The van der Waals surface area contributed by atoms with Crippen LogP contribution >= 0.6 is 0 Å². The smallest absolute Gasteiger partial charge is 0.152 e. The molecule has 2 heterocycles. The van der Waals surface area contributed by atoms with Crippen LogP contribution < -0.4 is 0 Å². The molecule has 2 aromatic heterocycles. The number of nitrogens with one attached hydrogen (secondary N) is 1. The van der Waals surface area contributed by atoms with Gasteiger partial charge in [0.2, 0.25) is 0 Å². The number of aromatic amines is 1. The molecule has 0 aliphatic carbocycles. The molecule has 60 valence electrons. The number of aromatic nitrogens is 3. The monoisotopic (exact) mass is 159 g/mol. The minimum atomic E-state index is 0.680. The summed E-state index contributed by atoms with van der Waals surface area (Å²) in [4.78, 5) is 11.6. The van der Waals surface area contributed by atoms with E-state index in [0.717, 1.165) is 16.7 Å². The lowest BCUT2D eigenvalue weighted by Gasteiger charge is -1.96. The molecule has 0 aliphatic heterocycles. The highest BCUT2D eigenvalue weighted by Crippen LogP contribution is 2.12. The maximum Gasteiger partial charge on any atom is 0.152 e. The molecule has 0 unspecified atom stereocenters. The first-order valence-corrected chi connectivity index (χ1v) is 3.75. The molecule has 1 N–H and O–H groups in total. The van der Waals surface area contributed by atoms with E-state index >= 15 is 0 Å². The van der Waals surface area contributed by atoms with Crippen LogP contribution in [0.25, 0.3) is 17.1 Å². The Morgan fingerprint density at radius 3 is 3.08 bits per heavy atom. The molecule has 0 radical (unpaired) electrons. The fourth-order valence-electron chi connectivity index (χ4n) is 1.21. The molecule has 0 saturated carbocycles. The first-order chi connectivity index (χ1) is 5.81. The zero-order chi connectivity index (χ0) is 8.55. The summed E-state index contributed by atoms with van der Waals surface area (Å²) < 4.78 is 0. The zero-order valence-corrected chi connectivity index (χ0v) is 6.83. The second kappa shape index (κ2) is 2.44. The Balaban J connectivity index is 2.83. The number of aryl methyl sites for hydroxylation is 1. The van der Waals surface area contributed by atoms with Crippen molar-refractivity contribution in [2.45, 2.75) is 6.92 Å². The largest absolute Gasteiger partial charge is 0.358 e. The summed E-state index contributed by atoms with van der Waals surface area (Å²) >= 11 is 0. The summed E-state index contributed by atoms with van der Waals surface area (Å²) in [5.41, 5.74) is 2.90. The summed E-state index contributed by atoms with van der Waals surface area (Å²) in [5, 5.41) is 0. The van der Waals surface area contributed by atoms with Gasteiger partial charge in [-0.05, 0) is 19.1 Å². The standard InChI is InChI=1S/C9H9N3/c1-3-8-11-6(2)9-7(12-8)4-5-10-9/h3-5,10H,1H2,2H3. The van der Waals surface area contributed by atoms with Gasteiger partial charge in [-0.25, -0.2) is 9.97 Å². The Labute approximate surface area is 70.2 Å². The molecule has 3 nitrogen and oxygen atoms in total. The maximum atomic E-state index is 4.25. The van der Waals surface area contributed by atoms with E-state index in [1.54, 1.807) is 6.08 Å². The second-order valence-corrected chi connectivity index (χ2v) is 2.61. The normalized spacial score (nSPS) is 10.4. The average molecular weight is 159 g/mol. The Bertz CT molecular complexity index is 428. The number of hydrogen-bond acceptors (Lipinski definition) is 2. The Hall–Kier alpha value is -1.64. The first-order valence-electron chi connectivity index (χ1n) is 3.75. The van der Waals surface area contributed by atoms with Gasteiger partial charge < -0.3 is 4.98 Å². The van der Waals surface area contributed by atoms with Gasteiger partial charge in [0.15, 0.2) is 5.82 Å². The van der Waals surface area contributed by atoms with E-state index in [-0.39, 0.29) is 0 Å². The number of rotatable bonds is 1. The predicted molar refractivity (Wildman–Crippen MR) is 48.7 cm³/mol. The van der Waals surface area contributed by atoms with Crippen LogP contribution in [-0.2, 0) is 0 Å². The number of fused-ring (bicyclic) bond motifs is 1. The lowest BCUT2D eigenvalue weighted by molar-refractivity contribution is 1.12. The van der Waals surface area contributed by atoms with E-state index in [4.69, 9.17) is 0 Å². The highest BCUT2D eigenvalue weighted by Gasteiger charge is 2.01. The van der Waals surface area contributed by atoms with E-state index in [1.807, 2.05) is 19.2 Å². The summed E-state index contributed by atoms with van der Waals surface area (Å²) in [6.45, 7) is 5.58. The van der Waals surface area contributed by atoms with Gasteiger partial charge >= 0.3 is 0 Å². The third kappa shape index (κ3) is 0.906. The first kappa shape index (κ1) is 7.03. The van der Waals surface area contributed by atoms with E-state index in [1.165, 1.54) is 0 Å². The molecule has 0 atom stereocenters. The van der Waals surface area contributed by atoms with E-state index < -0.39 is 0 Å².